The molecule has 4 nitrogen and oxygen atoms in total. The third-order valence-electron chi connectivity index (χ3n) is 15.0. The summed E-state index contributed by atoms with van der Waals surface area (Å²) in [5.41, 5.74) is 18.3. The number of fused-ring (bicyclic) bond motifs is 11. The molecule has 548 valence electrons. The molecular weight excluding hydrogens is 1420 g/mol. The van der Waals surface area contributed by atoms with Gasteiger partial charge in [-0.05, 0) is 108 Å². The molecule has 105 heavy (non-hydrogen) atoms. The van der Waals surface area contributed by atoms with Gasteiger partial charge in [0.05, 0.1) is 29.8 Å². The first-order valence-corrected chi connectivity index (χ1v) is 38.2. The van der Waals surface area contributed by atoms with Gasteiger partial charge in [0, 0.05) is 102 Å². The molecule has 0 aromatic heterocycles. The van der Waals surface area contributed by atoms with Crippen LogP contribution >= 0.6 is 0 Å². The van der Waals surface area contributed by atoms with E-state index < -0.39 is 0 Å². The molecule has 0 N–H and O–H groups in total. The van der Waals surface area contributed by atoms with Gasteiger partial charge >= 0.3 is 0 Å². The van der Waals surface area contributed by atoms with Crippen LogP contribution in [0, 0.1) is 25.3 Å². The molecule has 0 bridgehead atoms. The van der Waals surface area contributed by atoms with Crippen LogP contribution in [0.5, 0.6) is 0 Å². The Hall–Kier alpha value is -7.95. The fraction of sp³-hybridized carbons (Fsp3) is 0.273. The third-order valence-corrected chi connectivity index (χ3v) is 15.0. The second kappa shape index (κ2) is 65.6. The van der Waals surface area contributed by atoms with E-state index in [1.807, 2.05) is 216 Å². The zero-order valence-electron chi connectivity index (χ0n) is 67.2. The first-order valence-electron chi connectivity index (χ1n) is 38.2. The monoisotopic (exact) mass is 1540 g/mol. The van der Waals surface area contributed by atoms with Crippen LogP contribution in [0.1, 0.15) is 188 Å². The zero-order valence-corrected chi connectivity index (χ0v) is 72.9. The Morgan fingerprint density at radius 1 is 0.400 bits per heavy atom. The number of allylic oxidation sites excluding steroid dienone is 11. The Kier molecular flexibility index (Phi) is 61.9. The molecule has 0 spiro atoms. The summed E-state index contributed by atoms with van der Waals surface area (Å²) in [5.74, 6) is 0. The maximum Gasteiger partial charge on any atom is 0.0739 e. The molecule has 9 aromatic carbocycles. The molecular formula is C99H122N4Y2-4. The van der Waals surface area contributed by atoms with Gasteiger partial charge in [0.25, 0.3) is 0 Å². The molecule has 0 amide bonds. The first kappa shape index (κ1) is 99.1. The molecule has 9 aliphatic rings. The second-order valence-electron chi connectivity index (χ2n) is 20.6. The van der Waals surface area contributed by atoms with E-state index in [9.17, 15) is 0 Å². The van der Waals surface area contributed by atoms with E-state index in [-0.39, 0.29) is 65.4 Å². The van der Waals surface area contributed by atoms with Gasteiger partial charge in [-0.2, -0.15) is 18.2 Å². The van der Waals surface area contributed by atoms with Crippen molar-refractivity contribution in [3.63, 3.8) is 0 Å². The van der Waals surface area contributed by atoms with Gasteiger partial charge in [0.15, 0.2) is 0 Å². The van der Waals surface area contributed by atoms with Gasteiger partial charge in [-0.25, -0.2) is 0 Å². The minimum atomic E-state index is 0. The number of nitrogens with zero attached hydrogens (tertiary/aromatic N) is 4. The quantitative estimate of drug-likeness (QED) is 0.155. The topological polar surface area (TPSA) is 49.4 Å². The van der Waals surface area contributed by atoms with Gasteiger partial charge in [0.1, 0.15) is 0 Å². The molecule has 2 radical (unpaired) electrons. The van der Waals surface area contributed by atoms with E-state index in [2.05, 4.69) is 220 Å². The van der Waals surface area contributed by atoms with Crippen molar-refractivity contribution in [2.75, 3.05) is 6.54 Å². The summed E-state index contributed by atoms with van der Waals surface area (Å²) in [6.07, 6.45) is 41.1. The summed E-state index contributed by atoms with van der Waals surface area (Å²) >= 11 is 0. The average Bonchev–Trinajstić information content (AvgIpc) is 1.14. The van der Waals surface area contributed by atoms with Gasteiger partial charge in [-0.3, -0.25) is 38.2 Å². The predicted molar refractivity (Wildman–Crippen MR) is 462 cm³/mol. The summed E-state index contributed by atoms with van der Waals surface area (Å²) in [7, 11) is 0. The maximum atomic E-state index is 5.17. The molecule has 0 fully saturated rings. The second-order valence-corrected chi connectivity index (χ2v) is 20.6. The van der Waals surface area contributed by atoms with E-state index in [1.54, 1.807) is 12.2 Å². The summed E-state index contributed by atoms with van der Waals surface area (Å²) < 4.78 is 0. The fourth-order valence-corrected chi connectivity index (χ4v) is 10.5. The van der Waals surface area contributed by atoms with E-state index in [0.717, 1.165) is 85.9 Å². The van der Waals surface area contributed by atoms with E-state index in [4.69, 9.17) is 13.2 Å². The minimum absolute atomic E-state index is 0. The van der Waals surface area contributed by atoms with E-state index >= 15 is 0 Å². The van der Waals surface area contributed by atoms with Crippen molar-refractivity contribution in [3.05, 3.63) is 351 Å². The molecule has 18 rings (SSSR count). The molecule has 4 aliphatic heterocycles. The standard InChI is InChI=1S/C13H10.C12H9N.2C9H8.3C8H7N.2C7H6.9C2H6.2Y/c1-3-7-12-10(5-1)9-11-6-2-4-8-13(11)12;1-2-4-11-9(3-1)5-6-10-7-8-13-12(10)11;2*1-2-5-9-7-3-6-8(9)4-1;1-2-4-8-6-9-5-7(8)3-1;2*1-2-4-8-7(3-1)5-6-9-8;2*1-2-7-5-3-4-6-7;9*1-2;;/h1-8H,9H2;1-6,8H,7H2;1-2,4-7H,3H2;1-6H,7H2;1-5H,6H2;1-4,6H,5H2;1-5H,6H2;1-3,5H,4H2;1-4H,5H2;9*1-2H3;;/q;;;;;;;2*-2;;;;;;;;;;;. The molecule has 0 saturated heterocycles. The van der Waals surface area contributed by atoms with E-state index in [0.29, 0.717) is 0 Å². The minimum Gasteiger partial charge on any atom is -0.361 e. The van der Waals surface area contributed by atoms with Gasteiger partial charge in [-0.1, -0.05) is 356 Å². The number of aliphatic imine (C=N–C) groups is 3. The Bertz CT molecular complexity index is 4030. The van der Waals surface area contributed by atoms with Gasteiger partial charge < -0.3 is 36.5 Å². The smallest absolute Gasteiger partial charge is 0.0739 e. The van der Waals surface area contributed by atoms with Crippen molar-refractivity contribution < 1.29 is 65.4 Å². The third kappa shape index (κ3) is 35.3. The predicted octanol–water partition coefficient (Wildman–Crippen LogP) is 25.5. The molecule has 0 unspecified atom stereocenters. The molecule has 9 aromatic rings. The average molecular weight is 1550 g/mol. The van der Waals surface area contributed by atoms with Crippen LogP contribution in [0.2, 0.25) is 0 Å². The maximum absolute atomic E-state index is 5.17. The normalized spacial score (nSPS) is 11.9. The van der Waals surface area contributed by atoms with Crippen LogP contribution < -0.4 is 21.0 Å². The SMILES string of the molecule is C1=Cc2ccccc2C1.C1=NCc2ccccc21.C1=Nc2c(ccc3ccccc23)C1.C1=Nc2ccccc2C1.C1=c2ccccc2=CC1.C1=c2ccccc2=NC1.CC.CC.CC.CC.CC.CC.CC.CC.CC.[CH-]=CC1=[C-]C=CC1.[CH-]=CC1=[C-]CC=C1.[Y].[Y].c1ccc2c(c1)Cc1ccccc1-2. The number of rotatable bonds is 2. The van der Waals surface area contributed by atoms with Crippen molar-refractivity contribution in [2.45, 2.75) is 176 Å². The zero-order chi connectivity index (χ0) is 76.1. The first-order chi connectivity index (χ1) is 51.1. The number of hydrogen-bond acceptors (Lipinski definition) is 4. The van der Waals surface area contributed by atoms with Crippen LogP contribution in [0.4, 0.5) is 11.4 Å². The summed E-state index contributed by atoms with van der Waals surface area (Å²) in [4.78, 5) is 16.9. The van der Waals surface area contributed by atoms with Crippen molar-refractivity contribution in [1.82, 2.24) is 0 Å². The largest absolute Gasteiger partial charge is 0.361 e. The number of benzene rings is 9. The fourth-order valence-electron chi connectivity index (χ4n) is 10.5. The number of para-hydroxylation sites is 2. The summed E-state index contributed by atoms with van der Waals surface area (Å²) in [5, 5.41) is 7.74. The van der Waals surface area contributed by atoms with Crippen molar-refractivity contribution in [3.8, 4) is 11.1 Å². The van der Waals surface area contributed by atoms with Gasteiger partial charge in [-0.15, -0.1) is 6.42 Å². The molecule has 4 heterocycles. The van der Waals surface area contributed by atoms with Crippen LogP contribution in [0.25, 0.3) is 46.2 Å². The summed E-state index contributed by atoms with van der Waals surface area (Å²) in [6.45, 7) is 48.1. The Morgan fingerprint density at radius 2 is 0.914 bits per heavy atom. The van der Waals surface area contributed by atoms with Crippen LogP contribution in [-0.4, -0.2) is 25.2 Å². The Balaban J connectivity index is 0. The van der Waals surface area contributed by atoms with Crippen molar-refractivity contribution in [2.24, 2.45) is 20.0 Å². The van der Waals surface area contributed by atoms with Crippen molar-refractivity contribution in [1.29, 1.82) is 0 Å². The molecule has 0 atom stereocenters. The molecule has 5 aliphatic carbocycles. The van der Waals surface area contributed by atoms with Gasteiger partial charge in [0.2, 0.25) is 0 Å². The number of hydrogen-bond donors (Lipinski definition) is 0. The molecule has 6 heteroatoms. The van der Waals surface area contributed by atoms with Crippen LogP contribution in [0.3, 0.4) is 0 Å². The Morgan fingerprint density at radius 3 is 1.45 bits per heavy atom. The summed E-state index contributed by atoms with van der Waals surface area (Å²) in [6, 6.07) is 71.7. The molecule has 0 saturated carbocycles. The van der Waals surface area contributed by atoms with Crippen LogP contribution in [-0.2, 0) is 97.6 Å². The van der Waals surface area contributed by atoms with E-state index in [1.165, 1.54) is 82.1 Å². The Labute approximate surface area is 688 Å². The van der Waals surface area contributed by atoms with Crippen molar-refractivity contribution >= 4 is 65.1 Å². The van der Waals surface area contributed by atoms with Crippen LogP contribution in [0.15, 0.2) is 280 Å².